The number of aromatic nitrogens is 1. The molecule has 11 heteroatoms. The predicted octanol–water partition coefficient (Wildman–Crippen LogP) is 4.81. The maximum absolute atomic E-state index is 14.1. The Hall–Kier alpha value is -4.23. The molecule has 220 valence electrons. The number of esters is 1. The van der Waals surface area contributed by atoms with Gasteiger partial charge >= 0.3 is 5.97 Å². The van der Waals surface area contributed by atoms with Crippen molar-refractivity contribution < 1.29 is 23.8 Å². The number of allylic oxidation sites excluding steroid dienone is 1. The van der Waals surface area contributed by atoms with Gasteiger partial charge < -0.3 is 19.5 Å². The molecular weight excluding hydrogens is 681 g/mol. The molecule has 1 aliphatic rings. The van der Waals surface area contributed by atoms with E-state index in [2.05, 4.69) is 27.9 Å². The number of nitrogens with zero attached hydrogens (tertiary/aromatic N) is 2. The number of thiazole rings is 1. The number of methoxy groups -OCH3 is 1. The van der Waals surface area contributed by atoms with E-state index in [0.29, 0.717) is 64.8 Å². The Balaban J connectivity index is 1.67. The summed E-state index contributed by atoms with van der Waals surface area (Å²) in [5.74, 6) is 0.513. The van der Waals surface area contributed by atoms with E-state index in [0.717, 1.165) is 0 Å². The number of rotatable bonds is 8. The van der Waals surface area contributed by atoms with Crippen LogP contribution in [0.2, 0.25) is 0 Å². The third-order valence-electron chi connectivity index (χ3n) is 6.58. The minimum atomic E-state index is -0.748. The molecule has 0 radical (unpaired) electrons. The number of carbonyl (C=O) groups excluding carboxylic acids is 2. The fourth-order valence-electron chi connectivity index (χ4n) is 4.79. The van der Waals surface area contributed by atoms with Gasteiger partial charge in [0.25, 0.3) is 11.5 Å². The van der Waals surface area contributed by atoms with E-state index in [9.17, 15) is 14.4 Å². The molecule has 2 heterocycles. The second-order valence-electron chi connectivity index (χ2n) is 9.54. The summed E-state index contributed by atoms with van der Waals surface area (Å²) in [6, 6.07) is 19.2. The number of anilines is 1. The van der Waals surface area contributed by atoms with Gasteiger partial charge in [-0.25, -0.2) is 4.99 Å². The molecule has 0 aliphatic carbocycles. The van der Waals surface area contributed by atoms with Crippen molar-refractivity contribution in [2.75, 3.05) is 19.0 Å². The minimum Gasteiger partial charge on any atom is -0.497 e. The van der Waals surface area contributed by atoms with Crippen LogP contribution in [0, 0.1) is 3.57 Å². The molecule has 1 atom stereocenters. The largest absolute Gasteiger partial charge is 0.497 e. The first-order valence-electron chi connectivity index (χ1n) is 13.4. The van der Waals surface area contributed by atoms with E-state index in [-0.39, 0.29) is 11.5 Å². The highest BCUT2D eigenvalue weighted by molar-refractivity contribution is 14.1. The van der Waals surface area contributed by atoms with Crippen LogP contribution < -0.4 is 34.4 Å². The van der Waals surface area contributed by atoms with E-state index >= 15 is 0 Å². The lowest BCUT2D eigenvalue weighted by molar-refractivity contribution is -0.132. The number of nitrogens with one attached hydrogen (secondary N) is 1. The van der Waals surface area contributed by atoms with Gasteiger partial charge in [0, 0.05) is 12.6 Å². The van der Waals surface area contributed by atoms with Crippen molar-refractivity contribution in [2.45, 2.75) is 26.8 Å². The lowest BCUT2D eigenvalue weighted by atomic mass is 9.95. The molecule has 3 aromatic carbocycles. The summed E-state index contributed by atoms with van der Waals surface area (Å²) in [5.41, 5.74) is 2.59. The number of amides is 1. The maximum Gasteiger partial charge on any atom is 0.308 e. The predicted molar refractivity (Wildman–Crippen MR) is 173 cm³/mol. The number of para-hydroxylation sites is 1. The maximum atomic E-state index is 14.1. The molecule has 1 aliphatic heterocycles. The van der Waals surface area contributed by atoms with Crippen molar-refractivity contribution in [3.8, 4) is 17.2 Å². The Morgan fingerprint density at radius 2 is 1.88 bits per heavy atom. The smallest absolute Gasteiger partial charge is 0.308 e. The van der Waals surface area contributed by atoms with Gasteiger partial charge in [0.2, 0.25) is 0 Å². The standard InChI is InChI=1S/C32H28IN3O6S/c1-5-41-25-15-20(14-24(33)29(25)42-19(3)37)16-26-31(39)36-28(21-10-9-13-23(17-21)40-4)27(18(2)34-32(36)43-26)30(38)35-22-11-7-6-8-12-22/h6-17,28H,5H2,1-4H3,(H,35,38)/b26-16-/t28-/m0/s1. The van der Waals surface area contributed by atoms with Gasteiger partial charge in [-0.05, 0) is 90.0 Å². The molecule has 0 bridgehead atoms. The van der Waals surface area contributed by atoms with Crippen LogP contribution in [0.1, 0.15) is 37.9 Å². The fraction of sp³-hybridized carbons (Fsp3) is 0.188. The van der Waals surface area contributed by atoms with Gasteiger partial charge in [-0.1, -0.05) is 41.7 Å². The van der Waals surface area contributed by atoms with Crippen LogP contribution in [-0.2, 0) is 9.59 Å². The Bertz CT molecular complexity index is 1930. The zero-order valence-corrected chi connectivity index (χ0v) is 26.8. The Labute approximate surface area is 265 Å². The average molecular weight is 710 g/mol. The van der Waals surface area contributed by atoms with Gasteiger partial charge in [0.05, 0.1) is 39.1 Å². The fourth-order valence-corrected chi connectivity index (χ4v) is 6.57. The Morgan fingerprint density at radius 3 is 2.58 bits per heavy atom. The van der Waals surface area contributed by atoms with Crippen LogP contribution in [0.5, 0.6) is 17.2 Å². The van der Waals surface area contributed by atoms with Gasteiger partial charge in [-0.15, -0.1) is 0 Å². The van der Waals surface area contributed by atoms with Crippen LogP contribution in [0.4, 0.5) is 5.69 Å². The number of fused-ring (bicyclic) bond motifs is 1. The monoisotopic (exact) mass is 709 g/mol. The van der Waals surface area contributed by atoms with Crippen molar-refractivity contribution >= 4 is 57.6 Å². The van der Waals surface area contributed by atoms with E-state index in [1.165, 1.54) is 18.3 Å². The number of benzene rings is 3. The molecular formula is C32H28IN3O6S. The highest BCUT2D eigenvalue weighted by Gasteiger charge is 2.33. The first kappa shape index (κ1) is 30.2. The Morgan fingerprint density at radius 1 is 1.12 bits per heavy atom. The van der Waals surface area contributed by atoms with E-state index in [1.54, 1.807) is 42.9 Å². The first-order valence-corrected chi connectivity index (χ1v) is 15.3. The van der Waals surface area contributed by atoms with Crippen LogP contribution in [-0.4, -0.2) is 30.2 Å². The Kier molecular flexibility index (Phi) is 9.11. The minimum absolute atomic E-state index is 0.300. The average Bonchev–Trinajstić information content (AvgIpc) is 3.28. The molecule has 0 fully saturated rings. The molecule has 4 aromatic rings. The molecule has 0 unspecified atom stereocenters. The molecule has 1 N–H and O–H groups in total. The summed E-state index contributed by atoms with van der Waals surface area (Å²) in [5, 5.41) is 2.95. The summed E-state index contributed by atoms with van der Waals surface area (Å²) >= 11 is 3.30. The van der Waals surface area contributed by atoms with Crippen LogP contribution in [0.25, 0.3) is 6.08 Å². The molecule has 0 saturated heterocycles. The van der Waals surface area contributed by atoms with Gasteiger partial charge in [-0.3, -0.25) is 19.0 Å². The number of carbonyl (C=O) groups is 2. The van der Waals surface area contributed by atoms with Crippen LogP contribution >= 0.6 is 33.9 Å². The first-order chi connectivity index (χ1) is 20.7. The van der Waals surface area contributed by atoms with Crippen molar-refractivity contribution in [1.82, 2.24) is 4.57 Å². The molecule has 1 amide bonds. The SMILES string of the molecule is CCOc1cc(/C=c2\sc3n(c2=O)[C@@H](c2cccc(OC)c2)C(C(=O)Nc2ccccc2)=C(C)N=3)cc(I)c1OC(C)=O. The van der Waals surface area contributed by atoms with Gasteiger partial charge in [0.15, 0.2) is 16.3 Å². The van der Waals surface area contributed by atoms with Crippen molar-refractivity contribution in [2.24, 2.45) is 4.99 Å². The normalized spacial score (nSPS) is 14.5. The highest BCUT2D eigenvalue weighted by Crippen LogP contribution is 2.35. The van der Waals surface area contributed by atoms with Gasteiger partial charge in [0.1, 0.15) is 5.75 Å². The lowest BCUT2D eigenvalue weighted by Gasteiger charge is -2.25. The summed E-state index contributed by atoms with van der Waals surface area (Å²) < 4.78 is 19.2. The van der Waals surface area contributed by atoms with Crippen molar-refractivity contribution in [3.63, 3.8) is 0 Å². The summed E-state index contributed by atoms with van der Waals surface area (Å²) in [7, 11) is 1.57. The second-order valence-corrected chi connectivity index (χ2v) is 11.7. The van der Waals surface area contributed by atoms with E-state index < -0.39 is 12.0 Å². The molecule has 1 aromatic heterocycles. The number of hydrogen-bond donors (Lipinski definition) is 1. The number of ether oxygens (including phenoxy) is 3. The van der Waals surface area contributed by atoms with E-state index in [1.807, 2.05) is 55.5 Å². The highest BCUT2D eigenvalue weighted by atomic mass is 127. The van der Waals surface area contributed by atoms with E-state index in [4.69, 9.17) is 19.2 Å². The summed E-state index contributed by atoms with van der Waals surface area (Å²) in [6.07, 6.45) is 1.75. The van der Waals surface area contributed by atoms with Crippen molar-refractivity contribution in [1.29, 1.82) is 0 Å². The third kappa shape index (κ3) is 6.42. The topological polar surface area (TPSA) is 108 Å². The molecule has 43 heavy (non-hydrogen) atoms. The zero-order valence-electron chi connectivity index (χ0n) is 23.8. The lowest BCUT2D eigenvalue weighted by Crippen LogP contribution is -2.40. The summed E-state index contributed by atoms with van der Waals surface area (Å²) in [6.45, 7) is 5.30. The molecule has 5 rings (SSSR count). The number of halogens is 1. The van der Waals surface area contributed by atoms with Gasteiger partial charge in [-0.2, -0.15) is 0 Å². The third-order valence-corrected chi connectivity index (χ3v) is 8.37. The summed E-state index contributed by atoms with van der Waals surface area (Å²) in [4.78, 5) is 44.7. The quantitative estimate of drug-likeness (QED) is 0.160. The zero-order chi connectivity index (χ0) is 30.7. The second kappa shape index (κ2) is 13.0. The molecule has 9 nitrogen and oxygen atoms in total. The van der Waals surface area contributed by atoms with Crippen LogP contribution in [0.3, 0.4) is 0 Å². The van der Waals surface area contributed by atoms with Crippen molar-refractivity contribution in [3.05, 3.63) is 112 Å². The molecule has 0 saturated carbocycles. The number of hydrogen-bond acceptors (Lipinski definition) is 8. The molecule has 0 spiro atoms. The van der Waals surface area contributed by atoms with Crippen LogP contribution in [0.15, 0.2) is 87.8 Å².